The third-order valence-corrected chi connectivity index (χ3v) is 5.09. The van der Waals surface area contributed by atoms with Crippen molar-refractivity contribution in [3.05, 3.63) is 54.1 Å². The lowest BCUT2D eigenvalue weighted by molar-refractivity contribution is -0.122. The molecule has 1 heterocycles. The third kappa shape index (κ3) is 3.99. The van der Waals surface area contributed by atoms with Gasteiger partial charge in [-0.05, 0) is 50.2 Å². The summed E-state index contributed by atoms with van der Waals surface area (Å²) in [5, 5.41) is 11.9. The highest BCUT2D eigenvalue weighted by Crippen LogP contribution is 2.28. The topological polar surface area (TPSA) is 76.4 Å². The Labute approximate surface area is 165 Å². The van der Waals surface area contributed by atoms with Crippen LogP contribution in [0, 0.1) is 17.2 Å². The molecule has 28 heavy (non-hydrogen) atoms. The Morgan fingerprint density at radius 3 is 2.50 bits per heavy atom. The second-order valence-corrected chi connectivity index (χ2v) is 6.74. The van der Waals surface area contributed by atoms with Crippen molar-refractivity contribution in [2.75, 3.05) is 34.8 Å². The lowest BCUT2D eigenvalue weighted by Gasteiger charge is -2.22. The highest BCUT2D eigenvalue weighted by Gasteiger charge is 2.35. The first-order chi connectivity index (χ1) is 13.6. The van der Waals surface area contributed by atoms with Gasteiger partial charge < -0.3 is 15.1 Å². The number of anilines is 3. The maximum absolute atomic E-state index is 12.6. The second-order valence-electron chi connectivity index (χ2n) is 6.74. The molecule has 2 aromatic carbocycles. The lowest BCUT2D eigenvalue weighted by Crippen LogP contribution is -2.28. The highest BCUT2D eigenvalue weighted by molar-refractivity contribution is 6.03. The van der Waals surface area contributed by atoms with Crippen LogP contribution in [-0.2, 0) is 9.59 Å². The molecule has 2 aromatic rings. The molecule has 6 nitrogen and oxygen atoms in total. The van der Waals surface area contributed by atoms with E-state index in [1.54, 1.807) is 29.2 Å². The van der Waals surface area contributed by atoms with Gasteiger partial charge in [-0.15, -0.1) is 0 Å². The number of carbonyl (C=O) groups excluding carboxylic acids is 2. The van der Waals surface area contributed by atoms with Crippen LogP contribution in [0.3, 0.4) is 0 Å². The minimum atomic E-state index is -0.443. The van der Waals surface area contributed by atoms with Crippen molar-refractivity contribution >= 4 is 28.9 Å². The summed E-state index contributed by atoms with van der Waals surface area (Å²) in [5.41, 5.74) is 2.80. The standard InChI is InChI=1S/C22H24N4O2/c1-3-25(4-2)18-9-11-19(12-10-18)26-15-17(13-21(26)27)22(28)24-20-8-6-5-7-16(20)14-23/h5-12,17H,3-4,13,15H2,1-2H3,(H,24,28). The smallest absolute Gasteiger partial charge is 0.229 e. The van der Waals surface area contributed by atoms with Crippen molar-refractivity contribution in [2.45, 2.75) is 20.3 Å². The Bertz CT molecular complexity index is 897. The molecule has 1 atom stereocenters. The van der Waals surface area contributed by atoms with Crippen LogP contribution in [-0.4, -0.2) is 31.4 Å². The zero-order valence-electron chi connectivity index (χ0n) is 16.2. The van der Waals surface area contributed by atoms with Crippen LogP contribution in [0.25, 0.3) is 0 Å². The van der Waals surface area contributed by atoms with Gasteiger partial charge in [-0.3, -0.25) is 9.59 Å². The molecule has 0 radical (unpaired) electrons. The van der Waals surface area contributed by atoms with Gasteiger partial charge in [0.25, 0.3) is 0 Å². The molecule has 0 bridgehead atoms. The van der Waals surface area contributed by atoms with Crippen LogP contribution in [0.5, 0.6) is 0 Å². The van der Waals surface area contributed by atoms with E-state index in [1.165, 1.54) is 0 Å². The first-order valence-electron chi connectivity index (χ1n) is 9.52. The molecule has 1 saturated heterocycles. The Hall–Kier alpha value is -3.33. The van der Waals surface area contributed by atoms with Crippen LogP contribution < -0.4 is 15.1 Å². The Balaban J connectivity index is 1.69. The van der Waals surface area contributed by atoms with E-state index in [0.29, 0.717) is 17.8 Å². The summed E-state index contributed by atoms with van der Waals surface area (Å²) in [7, 11) is 0. The van der Waals surface area contributed by atoms with E-state index in [-0.39, 0.29) is 18.2 Å². The molecule has 2 amide bonds. The summed E-state index contributed by atoms with van der Waals surface area (Å²) in [5.74, 6) is -0.746. The van der Waals surface area contributed by atoms with Crippen LogP contribution >= 0.6 is 0 Å². The number of carbonyl (C=O) groups is 2. The van der Waals surface area contributed by atoms with Gasteiger partial charge in [0.05, 0.1) is 17.2 Å². The van der Waals surface area contributed by atoms with Gasteiger partial charge in [-0.1, -0.05) is 12.1 Å². The molecule has 6 heteroatoms. The molecule has 3 rings (SSSR count). The molecule has 144 valence electrons. The minimum Gasteiger partial charge on any atom is -0.372 e. The SMILES string of the molecule is CCN(CC)c1ccc(N2CC(C(=O)Nc3ccccc3C#N)CC2=O)cc1. The molecular formula is C22H24N4O2. The summed E-state index contributed by atoms with van der Waals surface area (Å²) in [4.78, 5) is 29.0. The number of hydrogen-bond donors (Lipinski definition) is 1. The number of nitriles is 1. The normalized spacial score (nSPS) is 16.0. The largest absolute Gasteiger partial charge is 0.372 e. The van der Waals surface area contributed by atoms with Crippen molar-refractivity contribution in [2.24, 2.45) is 5.92 Å². The highest BCUT2D eigenvalue weighted by atomic mass is 16.2. The first-order valence-corrected chi connectivity index (χ1v) is 9.52. The molecule has 1 aliphatic heterocycles. The van der Waals surface area contributed by atoms with E-state index in [4.69, 9.17) is 5.26 Å². The van der Waals surface area contributed by atoms with Gasteiger partial charge in [0.15, 0.2) is 0 Å². The van der Waals surface area contributed by atoms with Gasteiger partial charge in [-0.25, -0.2) is 0 Å². The van der Waals surface area contributed by atoms with Gasteiger partial charge in [0, 0.05) is 37.4 Å². The number of hydrogen-bond acceptors (Lipinski definition) is 4. The second kappa shape index (κ2) is 8.57. The van der Waals surface area contributed by atoms with Crippen LogP contribution in [0.4, 0.5) is 17.1 Å². The fraction of sp³-hybridized carbons (Fsp3) is 0.318. The summed E-state index contributed by atoms with van der Waals surface area (Å²) in [6, 6.07) is 16.8. The average Bonchev–Trinajstić information content (AvgIpc) is 3.12. The maximum Gasteiger partial charge on any atom is 0.229 e. The molecule has 1 aliphatic rings. The fourth-order valence-corrected chi connectivity index (χ4v) is 3.49. The predicted octanol–water partition coefficient (Wildman–Crippen LogP) is 3.40. The molecule has 0 spiro atoms. The third-order valence-electron chi connectivity index (χ3n) is 5.09. The molecule has 0 aromatic heterocycles. The Morgan fingerprint density at radius 2 is 1.86 bits per heavy atom. The zero-order valence-corrected chi connectivity index (χ0v) is 16.2. The maximum atomic E-state index is 12.6. The molecule has 1 unspecified atom stereocenters. The number of nitrogens with zero attached hydrogens (tertiary/aromatic N) is 3. The zero-order chi connectivity index (χ0) is 20.1. The number of para-hydroxylation sites is 1. The van der Waals surface area contributed by atoms with Crippen LogP contribution in [0.1, 0.15) is 25.8 Å². The summed E-state index contributed by atoms with van der Waals surface area (Å²) in [6.07, 6.45) is 0.165. The first kappa shape index (κ1) is 19.4. The number of nitrogens with one attached hydrogen (secondary N) is 1. The van der Waals surface area contributed by atoms with E-state index in [0.717, 1.165) is 24.5 Å². The summed E-state index contributed by atoms with van der Waals surface area (Å²) >= 11 is 0. The molecule has 0 aliphatic carbocycles. The average molecular weight is 376 g/mol. The number of benzene rings is 2. The van der Waals surface area contributed by atoms with E-state index < -0.39 is 5.92 Å². The van der Waals surface area contributed by atoms with Crippen molar-refractivity contribution in [3.63, 3.8) is 0 Å². The monoisotopic (exact) mass is 376 g/mol. The van der Waals surface area contributed by atoms with Crippen molar-refractivity contribution in [1.29, 1.82) is 5.26 Å². The van der Waals surface area contributed by atoms with E-state index in [9.17, 15) is 9.59 Å². The van der Waals surface area contributed by atoms with E-state index in [1.807, 2.05) is 24.3 Å². The van der Waals surface area contributed by atoms with Gasteiger partial charge in [0.1, 0.15) is 6.07 Å². The number of rotatable bonds is 6. The van der Waals surface area contributed by atoms with E-state index in [2.05, 4.69) is 30.1 Å². The number of amides is 2. The van der Waals surface area contributed by atoms with Crippen molar-refractivity contribution < 1.29 is 9.59 Å². The van der Waals surface area contributed by atoms with Gasteiger partial charge >= 0.3 is 0 Å². The van der Waals surface area contributed by atoms with Gasteiger partial charge in [0.2, 0.25) is 11.8 Å². The summed E-state index contributed by atoms with van der Waals surface area (Å²) < 4.78 is 0. The molecule has 0 saturated carbocycles. The van der Waals surface area contributed by atoms with Gasteiger partial charge in [-0.2, -0.15) is 5.26 Å². The quantitative estimate of drug-likeness (QED) is 0.838. The predicted molar refractivity (Wildman–Crippen MR) is 110 cm³/mol. The summed E-state index contributed by atoms with van der Waals surface area (Å²) in [6.45, 7) is 6.39. The van der Waals surface area contributed by atoms with E-state index >= 15 is 0 Å². The minimum absolute atomic E-state index is 0.0655. The molecule has 1 N–H and O–H groups in total. The van der Waals surface area contributed by atoms with Crippen LogP contribution in [0.2, 0.25) is 0 Å². The van der Waals surface area contributed by atoms with Crippen molar-refractivity contribution in [1.82, 2.24) is 0 Å². The van der Waals surface area contributed by atoms with Crippen molar-refractivity contribution in [3.8, 4) is 6.07 Å². The van der Waals surface area contributed by atoms with Crippen LogP contribution in [0.15, 0.2) is 48.5 Å². The fourth-order valence-electron chi connectivity index (χ4n) is 3.49. The lowest BCUT2D eigenvalue weighted by atomic mass is 10.1. The Morgan fingerprint density at radius 1 is 1.18 bits per heavy atom. The molecular weight excluding hydrogens is 352 g/mol. The molecule has 1 fully saturated rings. The Kier molecular flexibility index (Phi) is 5.95.